The normalized spacial score (nSPS) is 12.6. The number of fused-ring (bicyclic) bond motifs is 1. The number of carbonyl (C=O) groups excluding carboxylic acids is 1. The minimum atomic E-state index is -4.57. The molecule has 0 spiro atoms. The molecular weight excluding hydrogens is 397 g/mol. The molecule has 1 unspecified atom stereocenters. The van der Waals surface area contributed by atoms with Crippen molar-refractivity contribution in [2.24, 2.45) is 0 Å². The summed E-state index contributed by atoms with van der Waals surface area (Å²) >= 11 is -2.37. The minimum Gasteiger partial charge on any atom is -0.768 e. The zero-order chi connectivity index (χ0) is 20.3. The second kappa shape index (κ2) is 7.95. The van der Waals surface area contributed by atoms with E-state index in [2.05, 4.69) is 10.3 Å². The lowest BCUT2D eigenvalue weighted by Gasteiger charge is -2.13. The van der Waals surface area contributed by atoms with Gasteiger partial charge < -0.3 is 14.6 Å². The number of hydrogen-bond acceptors (Lipinski definition) is 5. The van der Waals surface area contributed by atoms with Gasteiger partial charge in [-0.05, 0) is 53.5 Å². The van der Waals surface area contributed by atoms with Crippen LogP contribution in [0.3, 0.4) is 0 Å². The average Bonchev–Trinajstić information content (AvgIpc) is 2.65. The number of ether oxygens (including phenoxy) is 1. The number of halogens is 3. The van der Waals surface area contributed by atoms with Gasteiger partial charge in [0.05, 0.1) is 11.1 Å². The first kappa shape index (κ1) is 19.8. The number of anilines is 1. The van der Waals surface area contributed by atoms with E-state index in [9.17, 15) is 26.7 Å². The summed E-state index contributed by atoms with van der Waals surface area (Å²) in [6, 6.07) is 10.4. The number of benzene rings is 2. The van der Waals surface area contributed by atoms with Crippen LogP contribution in [-0.4, -0.2) is 26.3 Å². The maximum Gasteiger partial charge on any atom is 0.418 e. The van der Waals surface area contributed by atoms with Crippen LogP contribution in [0.15, 0.2) is 59.6 Å². The Kier molecular flexibility index (Phi) is 5.61. The van der Waals surface area contributed by atoms with Gasteiger partial charge in [0.1, 0.15) is 5.75 Å². The maximum absolute atomic E-state index is 13.1. The fraction of sp³-hybridized carbons (Fsp3) is 0.111. The predicted octanol–water partition coefficient (Wildman–Crippen LogP) is 3.51. The Morgan fingerprint density at radius 1 is 1.14 bits per heavy atom. The van der Waals surface area contributed by atoms with Gasteiger partial charge in [0.2, 0.25) is 0 Å². The lowest BCUT2D eigenvalue weighted by Crippen LogP contribution is -2.20. The number of rotatable bonds is 5. The summed E-state index contributed by atoms with van der Waals surface area (Å²) < 4.78 is 66.3. The Morgan fingerprint density at radius 3 is 2.50 bits per heavy atom. The number of hydrogen-bond donors (Lipinski definition) is 1. The van der Waals surface area contributed by atoms with Crippen LogP contribution in [-0.2, 0) is 22.1 Å². The molecule has 3 aromatic rings. The van der Waals surface area contributed by atoms with Crippen LogP contribution in [0.5, 0.6) is 5.75 Å². The SMILES string of the molecule is O=C(COc1ccnc2c(C(F)(F)F)cccc12)Nc1ccc(S(=O)[O-])cc1. The highest BCUT2D eigenvalue weighted by molar-refractivity contribution is 7.79. The molecule has 2 aromatic carbocycles. The third-order valence-electron chi connectivity index (χ3n) is 3.73. The van der Waals surface area contributed by atoms with Crippen LogP contribution in [0.1, 0.15) is 5.56 Å². The molecule has 1 atom stereocenters. The van der Waals surface area contributed by atoms with E-state index in [-0.39, 0.29) is 21.5 Å². The van der Waals surface area contributed by atoms with Gasteiger partial charge in [-0.2, -0.15) is 13.2 Å². The molecular formula is C18H12F3N2O4S-. The Morgan fingerprint density at radius 2 is 1.86 bits per heavy atom. The van der Waals surface area contributed by atoms with Gasteiger partial charge in [-0.25, -0.2) is 0 Å². The van der Waals surface area contributed by atoms with Crippen molar-refractivity contribution < 1.29 is 31.5 Å². The second-order valence-electron chi connectivity index (χ2n) is 5.60. The van der Waals surface area contributed by atoms with Crippen LogP contribution in [0, 0.1) is 0 Å². The highest BCUT2D eigenvalue weighted by Gasteiger charge is 2.33. The summed E-state index contributed by atoms with van der Waals surface area (Å²) in [5, 5.41) is 2.63. The zero-order valence-electron chi connectivity index (χ0n) is 14.0. The number of carbonyl (C=O) groups is 1. The van der Waals surface area contributed by atoms with Crippen molar-refractivity contribution in [3.8, 4) is 5.75 Å². The first-order valence-electron chi connectivity index (χ1n) is 7.82. The number of alkyl halides is 3. The predicted molar refractivity (Wildman–Crippen MR) is 94.5 cm³/mol. The van der Waals surface area contributed by atoms with Crippen LogP contribution in [0.25, 0.3) is 10.9 Å². The van der Waals surface area contributed by atoms with Crippen LogP contribution in [0.4, 0.5) is 18.9 Å². The van der Waals surface area contributed by atoms with Gasteiger partial charge in [-0.1, -0.05) is 6.07 Å². The standard InChI is InChI=1S/C18H13F3N2O4S/c19-18(20,21)14-3-1-2-13-15(8-9-22-17(13)14)27-10-16(24)23-11-4-6-12(7-5-11)28(25)26/h1-9H,10H2,(H,23,24)(H,25,26)/p-1. The largest absolute Gasteiger partial charge is 0.768 e. The first-order chi connectivity index (χ1) is 13.3. The van der Waals surface area contributed by atoms with E-state index in [0.717, 1.165) is 6.07 Å². The topological polar surface area (TPSA) is 91.3 Å². The smallest absolute Gasteiger partial charge is 0.418 e. The lowest BCUT2D eigenvalue weighted by molar-refractivity contribution is -0.136. The molecule has 0 radical (unpaired) electrons. The van der Waals surface area contributed by atoms with Crippen LogP contribution >= 0.6 is 0 Å². The van der Waals surface area contributed by atoms with Crippen LogP contribution in [0.2, 0.25) is 0 Å². The van der Waals surface area contributed by atoms with E-state index < -0.39 is 35.3 Å². The summed E-state index contributed by atoms with van der Waals surface area (Å²) in [6.07, 6.45) is -3.39. The summed E-state index contributed by atoms with van der Waals surface area (Å²) in [5.41, 5.74) is -0.813. The molecule has 0 aliphatic heterocycles. The van der Waals surface area contributed by atoms with Gasteiger partial charge >= 0.3 is 6.18 Å². The molecule has 0 saturated carbocycles. The summed E-state index contributed by atoms with van der Waals surface area (Å²) in [6.45, 7) is -0.454. The van der Waals surface area contributed by atoms with Gasteiger partial charge in [-0.3, -0.25) is 14.0 Å². The summed E-state index contributed by atoms with van der Waals surface area (Å²) in [5.74, 6) is -0.476. The average molecular weight is 409 g/mol. The minimum absolute atomic E-state index is 0.0676. The van der Waals surface area contributed by atoms with Crippen LogP contribution < -0.4 is 10.1 Å². The number of nitrogens with one attached hydrogen (secondary N) is 1. The number of aromatic nitrogens is 1. The monoisotopic (exact) mass is 409 g/mol. The van der Waals surface area contributed by atoms with Gasteiger partial charge in [-0.15, -0.1) is 0 Å². The molecule has 146 valence electrons. The Labute approximate surface area is 159 Å². The quantitative estimate of drug-likeness (QED) is 0.651. The Hall–Kier alpha value is -2.98. The van der Waals surface area contributed by atoms with Crippen molar-refractivity contribution in [1.29, 1.82) is 0 Å². The summed E-state index contributed by atoms with van der Waals surface area (Å²) in [7, 11) is 0. The maximum atomic E-state index is 13.1. The highest BCUT2D eigenvalue weighted by atomic mass is 32.2. The molecule has 6 nitrogen and oxygen atoms in total. The molecule has 1 N–H and O–H groups in total. The first-order valence-corrected chi connectivity index (χ1v) is 8.90. The lowest BCUT2D eigenvalue weighted by atomic mass is 10.1. The van der Waals surface area contributed by atoms with E-state index in [1.54, 1.807) is 0 Å². The number of para-hydroxylation sites is 1. The fourth-order valence-corrected chi connectivity index (χ4v) is 2.85. The Balaban J connectivity index is 1.73. The van der Waals surface area contributed by atoms with Gasteiger partial charge in [0, 0.05) is 22.2 Å². The molecule has 0 fully saturated rings. The molecule has 1 aromatic heterocycles. The van der Waals surface area contributed by atoms with Crippen molar-refractivity contribution in [2.75, 3.05) is 11.9 Å². The molecule has 0 aliphatic carbocycles. The molecule has 1 amide bonds. The Bertz CT molecular complexity index is 1040. The van der Waals surface area contributed by atoms with E-state index in [1.807, 2.05) is 0 Å². The zero-order valence-corrected chi connectivity index (χ0v) is 14.8. The molecule has 28 heavy (non-hydrogen) atoms. The molecule has 3 rings (SSSR count). The number of nitrogens with zero attached hydrogens (tertiary/aromatic N) is 1. The van der Waals surface area contributed by atoms with Crippen molar-refractivity contribution >= 4 is 33.6 Å². The van der Waals surface area contributed by atoms with Crippen molar-refractivity contribution in [2.45, 2.75) is 11.1 Å². The highest BCUT2D eigenvalue weighted by Crippen LogP contribution is 2.36. The van der Waals surface area contributed by atoms with Gasteiger partial charge in [0.15, 0.2) is 6.61 Å². The van der Waals surface area contributed by atoms with E-state index in [1.165, 1.54) is 48.7 Å². The number of amides is 1. The third kappa shape index (κ3) is 4.46. The fourth-order valence-electron chi connectivity index (χ4n) is 2.50. The van der Waals surface area contributed by atoms with Crippen molar-refractivity contribution in [3.63, 3.8) is 0 Å². The molecule has 1 heterocycles. The number of pyridine rings is 1. The second-order valence-corrected chi connectivity index (χ2v) is 6.55. The van der Waals surface area contributed by atoms with E-state index in [0.29, 0.717) is 5.69 Å². The molecule has 0 saturated heterocycles. The van der Waals surface area contributed by atoms with Crippen molar-refractivity contribution in [3.05, 3.63) is 60.3 Å². The molecule has 0 aliphatic rings. The van der Waals surface area contributed by atoms with E-state index in [4.69, 9.17) is 4.74 Å². The molecule has 0 bridgehead atoms. The van der Waals surface area contributed by atoms with Crippen molar-refractivity contribution in [1.82, 2.24) is 4.98 Å². The summed E-state index contributed by atoms with van der Waals surface area (Å²) in [4.78, 5) is 15.9. The third-order valence-corrected chi connectivity index (χ3v) is 4.38. The molecule has 10 heteroatoms. The van der Waals surface area contributed by atoms with E-state index >= 15 is 0 Å². The van der Waals surface area contributed by atoms with Gasteiger partial charge in [0.25, 0.3) is 5.91 Å².